The zero-order chi connectivity index (χ0) is 12.8. The van der Waals surface area contributed by atoms with Gasteiger partial charge in [0.15, 0.2) is 0 Å². The summed E-state index contributed by atoms with van der Waals surface area (Å²) in [4.78, 5) is 6.18. The Morgan fingerprint density at radius 2 is 1.94 bits per heavy atom. The lowest BCUT2D eigenvalue weighted by Crippen LogP contribution is -2.28. The Morgan fingerprint density at radius 3 is 2.56 bits per heavy atom. The molecule has 0 saturated carbocycles. The number of rotatable bonds is 5. The van der Waals surface area contributed by atoms with Crippen molar-refractivity contribution in [3.8, 4) is 0 Å². The van der Waals surface area contributed by atoms with Gasteiger partial charge >= 0.3 is 0 Å². The van der Waals surface area contributed by atoms with Crippen molar-refractivity contribution in [2.24, 2.45) is 0 Å². The number of likely N-dealkylation sites (N-methyl/N-ethyl adjacent to an activating group) is 1. The fraction of sp³-hybridized carbons (Fsp3) is 0.267. The van der Waals surface area contributed by atoms with Crippen molar-refractivity contribution in [2.45, 2.75) is 13.0 Å². The second-order valence-corrected chi connectivity index (χ2v) is 4.18. The number of aliphatic hydroxyl groups is 1. The zero-order valence-corrected chi connectivity index (χ0v) is 10.5. The second kappa shape index (κ2) is 6.17. The van der Waals surface area contributed by atoms with E-state index >= 15 is 0 Å². The summed E-state index contributed by atoms with van der Waals surface area (Å²) >= 11 is 0. The molecule has 0 aliphatic heterocycles. The highest BCUT2D eigenvalue weighted by molar-refractivity contribution is 5.46. The Morgan fingerprint density at radius 1 is 1.17 bits per heavy atom. The van der Waals surface area contributed by atoms with Gasteiger partial charge in [0.1, 0.15) is 0 Å². The van der Waals surface area contributed by atoms with Crippen LogP contribution in [0.5, 0.6) is 0 Å². The van der Waals surface area contributed by atoms with Crippen molar-refractivity contribution in [3.63, 3.8) is 0 Å². The van der Waals surface area contributed by atoms with Crippen molar-refractivity contribution in [1.29, 1.82) is 0 Å². The van der Waals surface area contributed by atoms with Crippen LogP contribution in [0, 0.1) is 0 Å². The van der Waals surface area contributed by atoms with E-state index in [9.17, 15) is 5.11 Å². The molecule has 1 unspecified atom stereocenters. The summed E-state index contributed by atoms with van der Waals surface area (Å²) in [5.41, 5.74) is 1.98. The highest BCUT2D eigenvalue weighted by atomic mass is 16.3. The maximum atomic E-state index is 10.2. The van der Waals surface area contributed by atoms with E-state index in [1.54, 1.807) is 12.4 Å². The lowest BCUT2D eigenvalue weighted by molar-refractivity contribution is 0.183. The summed E-state index contributed by atoms with van der Waals surface area (Å²) < 4.78 is 0. The van der Waals surface area contributed by atoms with E-state index in [-0.39, 0.29) is 0 Å². The predicted octanol–water partition coefficient (Wildman–Crippen LogP) is 2.64. The van der Waals surface area contributed by atoms with Crippen LogP contribution >= 0.6 is 0 Å². The highest BCUT2D eigenvalue weighted by Gasteiger charge is 2.12. The van der Waals surface area contributed by atoms with Crippen LogP contribution in [0.25, 0.3) is 0 Å². The molecule has 0 amide bonds. The third-order valence-electron chi connectivity index (χ3n) is 2.97. The first-order chi connectivity index (χ1) is 8.81. The van der Waals surface area contributed by atoms with Crippen molar-refractivity contribution in [3.05, 3.63) is 60.4 Å². The van der Waals surface area contributed by atoms with Gasteiger partial charge in [0.05, 0.1) is 6.10 Å². The number of benzene rings is 1. The van der Waals surface area contributed by atoms with Gasteiger partial charge in [-0.05, 0) is 25.1 Å². The van der Waals surface area contributed by atoms with Gasteiger partial charge in [-0.2, -0.15) is 0 Å². The van der Waals surface area contributed by atoms with Gasteiger partial charge in [-0.1, -0.05) is 24.3 Å². The largest absolute Gasteiger partial charge is 0.387 e. The molecule has 3 heteroatoms. The van der Waals surface area contributed by atoms with Crippen molar-refractivity contribution in [2.75, 3.05) is 18.0 Å². The highest BCUT2D eigenvalue weighted by Crippen LogP contribution is 2.18. The number of para-hydroxylation sites is 1. The number of anilines is 1. The topological polar surface area (TPSA) is 36.4 Å². The number of nitrogens with zero attached hydrogens (tertiary/aromatic N) is 2. The Kier molecular flexibility index (Phi) is 4.31. The van der Waals surface area contributed by atoms with Crippen LogP contribution in [-0.4, -0.2) is 23.2 Å². The van der Waals surface area contributed by atoms with E-state index in [1.807, 2.05) is 30.3 Å². The van der Waals surface area contributed by atoms with Crippen molar-refractivity contribution >= 4 is 5.69 Å². The summed E-state index contributed by atoms with van der Waals surface area (Å²) in [6, 6.07) is 13.9. The number of aliphatic hydroxyl groups excluding tert-OH is 1. The molecule has 0 aliphatic carbocycles. The van der Waals surface area contributed by atoms with Gasteiger partial charge in [-0.25, -0.2) is 0 Å². The average molecular weight is 242 g/mol. The van der Waals surface area contributed by atoms with Crippen LogP contribution in [-0.2, 0) is 0 Å². The fourth-order valence-corrected chi connectivity index (χ4v) is 1.94. The minimum absolute atomic E-state index is 0.515. The van der Waals surface area contributed by atoms with E-state index < -0.39 is 6.10 Å². The third-order valence-corrected chi connectivity index (χ3v) is 2.97. The molecule has 2 rings (SSSR count). The van der Waals surface area contributed by atoms with E-state index in [2.05, 4.69) is 28.9 Å². The number of hydrogen-bond donors (Lipinski definition) is 1. The Hall–Kier alpha value is -1.87. The summed E-state index contributed by atoms with van der Waals surface area (Å²) in [5.74, 6) is 0. The summed E-state index contributed by atoms with van der Waals surface area (Å²) in [7, 11) is 0. The van der Waals surface area contributed by atoms with E-state index in [4.69, 9.17) is 0 Å². The molecule has 1 aromatic heterocycles. The zero-order valence-electron chi connectivity index (χ0n) is 10.5. The molecule has 1 N–H and O–H groups in total. The monoisotopic (exact) mass is 242 g/mol. The molecular formula is C15H18N2O. The van der Waals surface area contributed by atoms with Crippen LogP contribution in [0.1, 0.15) is 18.6 Å². The van der Waals surface area contributed by atoms with E-state index in [1.165, 1.54) is 0 Å². The first-order valence-corrected chi connectivity index (χ1v) is 6.19. The third kappa shape index (κ3) is 3.08. The van der Waals surface area contributed by atoms with Crippen molar-refractivity contribution in [1.82, 2.24) is 4.98 Å². The van der Waals surface area contributed by atoms with Crippen molar-refractivity contribution < 1.29 is 5.11 Å². The van der Waals surface area contributed by atoms with E-state index in [0.29, 0.717) is 6.54 Å². The SMILES string of the molecule is CCN(CC(O)c1cccnc1)c1ccccc1. The first-order valence-electron chi connectivity index (χ1n) is 6.19. The molecular weight excluding hydrogens is 224 g/mol. The van der Waals surface area contributed by atoms with Gasteiger partial charge in [-0.3, -0.25) is 4.98 Å². The summed E-state index contributed by atoms with van der Waals surface area (Å²) in [6.07, 6.45) is 2.91. The predicted molar refractivity (Wildman–Crippen MR) is 73.5 cm³/mol. The minimum atomic E-state index is -0.515. The molecule has 0 radical (unpaired) electrons. The number of aromatic nitrogens is 1. The maximum absolute atomic E-state index is 10.2. The maximum Gasteiger partial charge on any atom is 0.0979 e. The van der Waals surface area contributed by atoms with Crippen LogP contribution in [0.15, 0.2) is 54.9 Å². The van der Waals surface area contributed by atoms with Gasteiger partial charge in [0.2, 0.25) is 0 Å². The standard InChI is InChI=1S/C15H18N2O/c1-2-17(14-8-4-3-5-9-14)12-15(18)13-7-6-10-16-11-13/h3-11,15,18H,2,12H2,1H3. The molecule has 18 heavy (non-hydrogen) atoms. The molecule has 1 atom stereocenters. The molecule has 0 saturated heterocycles. The lowest BCUT2D eigenvalue weighted by atomic mass is 10.1. The average Bonchev–Trinajstić information content (AvgIpc) is 2.46. The first kappa shape index (κ1) is 12.6. The van der Waals surface area contributed by atoms with Crippen LogP contribution in [0.4, 0.5) is 5.69 Å². The molecule has 1 aromatic carbocycles. The molecule has 0 fully saturated rings. The van der Waals surface area contributed by atoms with E-state index in [0.717, 1.165) is 17.8 Å². The molecule has 2 aromatic rings. The summed E-state index contributed by atoms with van der Waals surface area (Å²) in [6.45, 7) is 3.52. The van der Waals surface area contributed by atoms with Gasteiger partial charge < -0.3 is 10.0 Å². The van der Waals surface area contributed by atoms with Gasteiger partial charge in [-0.15, -0.1) is 0 Å². The Balaban J connectivity index is 2.07. The lowest BCUT2D eigenvalue weighted by Gasteiger charge is -2.26. The molecule has 0 bridgehead atoms. The molecule has 0 spiro atoms. The quantitative estimate of drug-likeness (QED) is 0.875. The Bertz CT molecular complexity index is 458. The molecule has 94 valence electrons. The van der Waals surface area contributed by atoms with Gasteiger partial charge in [0.25, 0.3) is 0 Å². The van der Waals surface area contributed by atoms with Crippen LogP contribution < -0.4 is 4.90 Å². The van der Waals surface area contributed by atoms with Crippen LogP contribution in [0.3, 0.4) is 0 Å². The fourth-order valence-electron chi connectivity index (χ4n) is 1.94. The number of hydrogen-bond acceptors (Lipinski definition) is 3. The van der Waals surface area contributed by atoms with Gasteiger partial charge in [0, 0.05) is 36.7 Å². The summed E-state index contributed by atoms with van der Waals surface area (Å²) in [5, 5.41) is 10.2. The normalized spacial score (nSPS) is 12.1. The smallest absolute Gasteiger partial charge is 0.0979 e. The molecule has 1 heterocycles. The van der Waals surface area contributed by atoms with Crippen LogP contribution in [0.2, 0.25) is 0 Å². The second-order valence-electron chi connectivity index (χ2n) is 4.18. The molecule has 0 aliphatic rings. The minimum Gasteiger partial charge on any atom is -0.387 e. The Labute approximate surface area is 108 Å². The number of pyridine rings is 1. The molecule has 3 nitrogen and oxygen atoms in total.